The minimum Gasteiger partial charge on any atom is -0.744 e. The first-order valence-corrected chi connectivity index (χ1v) is 22.5. The molecule has 0 heterocycles. The number of carbonyl (C=O) groups excluding carboxylic acids is 4. The summed E-state index contributed by atoms with van der Waals surface area (Å²) in [6, 6.07) is 6.21. The first kappa shape index (κ1) is 47.4. The largest absolute Gasteiger partial charge is 2.00 e. The number of hydrogen-bond acceptors (Lipinski definition) is 14. The zero-order chi connectivity index (χ0) is 40.3. The van der Waals surface area contributed by atoms with Crippen molar-refractivity contribution in [2.75, 3.05) is 0 Å². The molecule has 0 saturated heterocycles. The Bertz CT molecular complexity index is 1780. The minimum absolute atomic E-state index is 0. The third kappa shape index (κ3) is 14.4. The van der Waals surface area contributed by atoms with Gasteiger partial charge in [-0.3, -0.25) is 0 Å². The molecular formula is C40H50BaO14S2. The van der Waals surface area contributed by atoms with Crippen LogP contribution in [0.25, 0.3) is 0 Å². The second kappa shape index (κ2) is 22.4. The molecule has 4 aliphatic carbocycles. The van der Waals surface area contributed by atoms with Crippen LogP contribution in [0.4, 0.5) is 0 Å². The average molecular weight is 956 g/mol. The third-order valence-corrected chi connectivity index (χ3v) is 12.4. The molecule has 14 nitrogen and oxygen atoms in total. The van der Waals surface area contributed by atoms with Crippen LogP contribution in [-0.2, 0) is 39.2 Å². The van der Waals surface area contributed by atoms with Gasteiger partial charge in [0.05, 0.1) is 32.0 Å². The Hall–Kier alpha value is -2.29. The molecule has 17 heteroatoms. The number of carbonyl (C=O) groups is 4. The van der Waals surface area contributed by atoms with Crippen molar-refractivity contribution >= 4 is 93.0 Å². The Labute approximate surface area is 375 Å². The molecule has 4 aliphatic rings. The molecule has 0 unspecified atom stereocenters. The van der Waals surface area contributed by atoms with E-state index in [2.05, 4.69) is 0 Å². The average Bonchev–Trinajstić information content (AvgIpc) is 3.18. The van der Waals surface area contributed by atoms with E-state index in [9.17, 15) is 45.1 Å². The van der Waals surface area contributed by atoms with Crippen molar-refractivity contribution < 1.29 is 64.1 Å². The van der Waals surface area contributed by atoms with Gasteiger partial charge < -0.3 is 28.1 Å². The third-order valence-electron chi connectivity index (χ3n) is 10.7. The van der Waals surface area contributed by atoms with Gasteiger partial charge in [-0.25, -0.2) is 36.0 Å². The van der Waals surface area contributed by atoms with E-state index >= 15 is 0 Å². The molecule has 0 aliphatic heterocycles. The van der Waals surface area contributed by atoms with E-state index in [1.54, 1.807) is 0 Å². The second-order valence-electron chi connectivity index (χ2n) is 15.0. The summed E-state index contributed by atoms with van der Waals surface area (Å²) >= 11 is 0. The van der Waals surface area contributed by atoms with Crippen molar-refractivity contribution in [3.63, 3.8) is 0 Å². The normalized spacial score (nSPS) is 18.8. The molecule has 0 atom stereocenters. The van der Waals surface area contributed by atoms with Crippen molar-refractivity contribution in [1.82, 2.24) is 0 Å². The van der Waals surface area contributed by atoms with Gasteiger partial charge in [-0.2, -0.15) is 0 Å². The Balaban J connectivity index is 0.000000248. The summed E-state index contributed by atoms with van der Waals surface area (Å²) in [7, 11) is -9.54. The van der Waals surface area contributed by atoms with Gasteiger partial charge in [0.1, 0.15) is 44.7 Å². The van der Waals surface area contributed by atoms with Crippen LogP contribution in [0, 0.1) is 0 Å². The summed E-state index contributed by atoms with van der Waals surface area (Å²) < 4.78 is 90.2. The predicted molar refractivity (Wildman–Crippen MR) is 204 cm³/mol. The number of benzene rings is 2. The van der Waals surface area contributed by atoms with E-state index in [0.29, 0.717) is 0 Å². The van der Waals surface area contributed by atoms with Crippen molar-refractivity contribution in [2.24, 2.45) is 0 Å². The summed E-state index contributed by atoms with van der Waals surface area (Å²) in [6.07, 6.45) is 17.1. The smallest absolute Gasteiger partial charge is 0.744 e. The molecule has 0 N–H and O–H groups in total. The summed E-state index contributed by atoms with van der Waals surface area (Å²) in [4.78, 5) is 49.5. The first-order valence-electron chi connectivity index (χ1n) is 19.7. The van der Waals surface area contributed by atoms with Gasteiger partial charge in [-0.05, 0) is 139 Å². The van der Waals surface area contributed by atoms with Crippen LogP contribution in [0.15, 0.2) is 46.2 Å². The van der Waals surface area contributed by atoms with Gasteiger partial charge in [0, 0.05) is 0 Å². The first-order chi connectivity index (χ1) is 26.7. The van der Waals surface area contributed by atoms with Gasteiger partial charge in [-0.15, -0.1) is 0 Å². The number of hydrogen-bond donors (Lipinski definition) is 0. The summed E-state index contributed by atoms with van der Waals surface area (Å²) in [6.45, 7) is 0. The maximum Gasteiger partial charge on any atom is 2.00 e. The van der Waals surface area contributed by atoms with Crippen molar-refractivity contribution in [2.45, 2.75) is 163 Å². The zero-order valence-electron chi connectivity index (χ0n) is 32.2. The number of rotatable bonds is 10. The topological polar surface area (TPSA) is 220 Å². The van der Waals surface area contributed by atoms with Crippen molar-refractivity contribution in [3.05, 3.63) is 58.7 Å². The summed E-state index contributed by atoms with van der Waals surface area (Å²) in [5.41, 5.74) is -0.607. The Kier molecular flexibility index (Phi) is 18.6. The molecule has 0 radical (unpaired) electrons. The zero-order valence-corrected chi connectivity index (χ0v) is 38.2. The van der Waals surface area contributed by atoms with Gasteiger partial charge in [0.2, 0.25) is 0 Å². The fourth-order valence-electron chi connectivity index (χ4n) is 7.64. The molecule has 57 heavy (non-hydrogen) atoms. The SMILES string of the molecule is O=C(OC1CCCCC1)c1ccc(S(=O)(=O)[O-])cc1C(=O)OC1CCCCC1.O=C(OC1CCCCC1)c1ccc(S(=O)(=O)[O-])cc1C(=O)OC1CCCCC1.[Ba+2]. The standard InChI is InChI=1S/2C20H26O7S.Ba/c2*21-19(26-14-7-3-1-4-8-14)17-12-11-16(28(23,24)25)13-18(17)20(22)27-15-9-5-2-6-10-15;/h2*11-15H,1-10H2,(H,23,24,25);/q;;+2/p-2. The molecule has 2 aromatic rings. The molecule has 6 rings (SSSR count). The van der Waals surface area contributed by atoms with Gasteiger partial charge in [0.25, 0.3) is 0 Å². The number of ether oxygens (including phenoxy) is 4. The molecule has 308 valence electrons. The summed E-state index contributed by atoms with van der Waals surface area (Å²) in [5.74, 6) is -2.99. The molecule has 4 saturated carbocycles. The van der Waals surface area contributed by atoms with Crippen LogP contribution in [0.2, 0.25) is 0 Å². The van der Waals surface area contributed by atoms with E-state index in [4.69, 9.17) is 18.9 Å². The van der Waals surface area contributed by atoms with Crippen molar-refractivity contribution in [3.8, 4) is 0 Å². The van der Waals surface area contributed by atoms with Crippen molar-refractivity contribution in [1.29, 1.82) is 0 Å². The van der Waals surface area contributed by atoms with Crippen LogP contribution >= 0.6 is 0 Å². The van der Waals surface area contributed by atoms with E-state index in [1.165, 1.54) is 0 Å². The van der Waals surface area contributed by atoms with Crippen LogP contribution in [0.1, 0.15) is 170 Å². The maximum absolute atomic E-state index is 12.7. The molecule has 0 amide bonds. The molecule has 0 bridgehead atoms. The predicted octanol–water partition coefficient (Wildman–Crippen LogP) is 6.76. The van der Waals surface area contributed by atoms with E-state index in [1.807, 2.05) is 0 Å². The molecular weight excluding hydrogens is 906 g/mol. The van der Waals surface area contributed by atoms with Crippen LogP contribution in [0.5, 0.6) is 0 Å². The van der Waals surface area contributed by atoms with Crippen LogP contribution in [-0.4, -0.2) is 123 Å². The fraction of sp³-hybridized carbons (Fsp3) is 0.600. The maximum atomic E-state index is 12.7. The van der Waals surface area contributed by atoms with E-state index in [0.717, 1.165) is 165 Å². The van der Waals surface area contributed by atoms with Gasteiger partial charge >= 0.3 is 72.8 Å². The molecule has 0 spiro atoms. The van der Waals surface area contributed by atoms with Crippen LogP contribution in [0.3, 0.4) is 0 Å². The van der Waals surface area contributed by atoms with E-state index in [-0.39, 0.29) is 95.6 Å². The second-order valence-corrected chi connectivity index (χ2v) is 17.7. The van der Waals surface area contributed by atoms with E-state index < -0.39 is 53.9 Å². The van der Waals surface area contributed by atoms with Gasteiger partial charge in [-0.1, -0.05) is 25.7 Å². The molecule has 2 aromatic carbocycles. The monoisotopic (exact) mass is 956 g/mol. The fourth-order valence-corrected chi connectivity index (χ4v) is 8.64. The Morgan fingerprint density at radius 3 is 0.860 bits per heavy atom. The quantitative estimate of drug-likeness (QED) is 0.104. The van der Waals surface area contributed by atoms with Crippen LogP contribution < -0.4 is 0 Å². The number of esters is 4. The molecule has 4 fully saturated rings. The minimum atomic E-state index is -4.77. The Morgan fingerprint density at radius 2 is 0.632 bits per heavy atom. The Morgan fingerprint density at radius 1 is 0.404 bits per heavy atom. The van der Waals surface area contributed by atoms with Gasteiger partial charge in [0.15, 0.2) is 0 Å². The summed E-state index contributed by atoms with van der Waals surface area (Å²) in [5, 5.41) is 0. The molecule has 0 aromatic heterocycles.